The van der Waals surface area contributed by atoms with E-state index in [9.17, 15) is 13.2 Å². The number of sulfonamides is 1. The molecular weight excluding hydrogens is 326 g/mol. The molecule has 0 radical (unpaired) electrons. The minimum Gasteiger partial charge on any atom is -0.475 e. The third-order valence-electron chi connectivity index (χ3n) is 3.44. The van der Waals surface area contributed by atoms with Crippen molar-refractivity contribution in [3.05, 3.63) is 40.0 Å². The van der Waals surface area contributed by atoms with E-state index in [0.29, 0.717) is 6.42 Å². The summed E-state index contributed by atoms with van der Waals surface area (Å²) in [7, 11) is -2.32. The molecule has 2 aromatic rings. The van der Waals surface area contributed by atoms with Gasteiger partial charge in [0.2, 0.25) is 15.8 Å². The highest BCUT2D eigenvalue weighted by atomic mass is 32.2. The molecule has 0 aliphatic heterocycles. The van der Waals surface area contributed by atoms with Crippen LogP contribution in [0.2, 0.25) is 0 Å². The third-order valence-corrected chi connectivity index (χ3v) is 6.42. The Morgan fingerprint density at radius 3 is 2.68 bits per heavy atom. The van der Waals surface area contributed by atoms with Crippen molar-refractivity contribution in [2.45, 2.75) is 31.2 Å². The van der Waals surface area contributed by atoms with Gasteiger partial charge in [0.25, 0.3) is 0 Å². The highest BCUT2D eigenvalue weighted by Gasteiger charge is 2.30. The van der Waals surface area contributed by atoms with Gasteiger partial charge in [-0.2, -0.15) is 4.31 Å². The Morgan fingerprint density at radius 2 is 2.18 bits per heavy atom. The van der Waals surface area contributed by atoms with Crippen LogP contribution in [0.5, 0.6) is 0 Å². The first-order chi connectivity index (χ1) is 10.2. The predicted octanol–water partition coefficient (Wildman–Crippen LogP) is 2.60. The molecule has 0 saturated heterocycles. The summed E-state index contributed by atoms with van der Waals surface area (Å²) in [5, 5.41) is 10.8. The van der Waals surface area contributed by atoms with Crippen LogP contribution in [0, 0.1) is 6.92 Å². The van der Waals surface area contributed by atoms with Gasteiger partial charge in [-0.1, -0.05) is 6.07 Å². The van der Waals surface area contributed by atoms with Crippen LogP contribution in [0.1, 0.15) is 28.1 Å². The van der Waals surface area contributed by atoms with Gasteiger partial charge in [-0.05, 0) is 31.7 Å². The Labute approximate surface area is 133 Å². The summed E-state index contributed by atoms with van der Waals surface area (Å²) in [5.74, 6) is -1.60. The summed E-state index contributed by atoms with van der Waals surface area (Å²) in [6.07, 6.45) is 0.593. The number of carboxylic acids is 1. The van der Waals surface area contributed by atoms with Gasteiger partial charge in [0, 0.05) is 24.0 Å². The van der Waals surface area contributed by atoms with E-state index in [1.54, 1.807) is 11.3 Å². The van der Waals surface area contributed by atoms with Gasteiger partial charge in [0.1, 0.15) is 10.7 Å². The van der Waals surface area contributed by atoms with Crippen LogP contribution in [0.4, 0.5) is 0 Å². The molecule has 2 aromatic heterocycles. The number of aromatic carboxylic acids is 1. The highest BCUT2D eigenvalue weighted by Crippen LogP contribution is 2.25. The van der Waals surface area contributed by atoms with Crippen molar-refractivity contribution in [3.63, 3.8) is 0 Å². The Morgan fingerprint density at radius 1 is 1.50 bits per heavy atom. The molecule has 0 spiro atoms. The number of thiophene rings is 1. The SMILES string of the molecule is Cc1oc(C(=O)O)cc1S(=O)(=O)N(C)[C@H](C)Cc1cccs1. The van der Waals surface area contributed by atoms with Crippen LogP contribution in [-0.2, 0) is 16.4 Å². The van der Waals surface area contributed by atoms with E-state index < -0.39 is 16.0 Å². The number of hydrogen-bond acceptors (Lipinski definition) is 5. The standard InChI is InChI=1S/C14H17NO5S2/c1-9(7-11-5-4-6-21-11)15(3)22(18,19)13-8-12(14(16)17)20-10(13)2/h4-6,8-9H,7H2,1-3H3,(H,16,17)/t9-/m1/s1. The summed E-state index contributed by atoms with van der Waals surface area (Å²) in [6, 6.07) is 4.67. The second-order valence-electron chi connectivity index (χ2n) is 4.99. The lowest BCUT2D eigenvalue weighted by Crippen LogP contribution is -2.36. The number of furan rings is 1. The van der Waals surface area contributed by atoms with Crippen molar-refractivity contribution < 1.29 is 22.7 Å². The molecule has 0 aromatic carbocycles. The topological polar surface area (TPSA) is 87.8 Å². The second-order valence-corrected chi connectivity index (χ2v) is 7.99. The van der Waals surface area contributed by atoms with E-state index in [1.165, 1.54) is 18.3 Å². The first-order valence-electron chi connectivity index (χ1n) is 6.57. The lowest BCUT2D eigenvalue weighted by molar-refractivity contribution is 0.0661. The zero-order valence-corrected chi connectivity index (χ0v) is 14.1. The Hall–Kier alpha value is -1.64. The number of aryl methyl sites for hydroxylation is 1. The molecule has 22 heavy (non-hydrogen) atoms. The maximum atomic E-state index is 12.6. The fraction of sp³-hybridized carbons (Fsp3) is 0.357. The normalized spacial score (nSPS) is 13.5. The number of nitrogens with zero attached hydrogens (tertiary/aromatic N) is 1. The quantitative estimate of drug-likeness (QED) is 0.871. The van der Waals surface area contributed by atoms with Crippen molar-refractivity contribution >= 4 is 27.3 Å². The van der Waals surface area contributed by atoms with E-state index in [-0.39, 0.29) is 22.5 Å². The molecule has 0 fully saturated rings. The number of carboxylic acid groups (broad SMARTS) is 1. The Kier molecular flexibility index (Phi) is 4.74. The van der Waals surface area contributed by atoms with Crippen molar-refractivity contribution in [2.24, 2.45) is 0 Å². The number of hydrogen-bond donors (Lipinski definition) is 1. The molecule has 120 valence electrons. The van der Waals surface area contributed by atoms with Gasteiger partial charge in [0.15, 0.2) is 0 Å². The van der Waals surface area contributed by atoms with Crippen LogP contribution in [0.25, 0.3) is 0 Å². The molecule has 1 atom stereocenters. The first kappa shape index (κ1) is 16.7. The Balaban J connectivity index is 2.27. The lowest BCUT2D eigenvalue weighted by atomic mass is 10.2. The minimum atomic E-state index is -3.80. The molecule has 0 saturated carbocycles. The molecule has 8 heteroatoms. The van der Waals surface area contributed by atoms with Gasteiger partial charge < -0.3 is 9.52 Å². The van der Waals surface area contributed by atoms with Crippen LogP contribution < -0.4 is 0 Å². The largest absolute Gasteiger partial charge is 0.475 e. The Bertz CT molecular complexity index is 761. The highest BCUT2D eigenvalue weighted by molar-refractivity contribution is 7.89. The fourth-order valence-electron chi connectivity index (χ4n) is 2.07. The number of likely N-dealkylation sites (N-methyl/N-ethyl adjacent to an activating group) is 1. The summed E-state index contributed by atoms with van der Waals surface area (Å²) in [6.45, 7) is 3.25. The number of carbonyl (C=O) groups is 1. The monoisotopic (exact) mass is 343 g/mol. The predicted molar refractivity (Wildman–Crippen MR) is 82.8 cm³/mol. The lowest BCUT2D eigenvalue weighted by Gasteiger charge is -2.23. The van der Waals surface area contributed by atoms with Gasteiger partial charge in [-0.25, -0.2) is 13.2 Å². The molecule has 1 N–H and O–H groups in total. The van der Waals surface area contributed by atoms with E-state index in [2.05, 4.69) is 0 Å². The summed E-state index contributed by atoms with van der Waals surface area (Å²) >= 11 is 1.57. The van der Waals surface area contributed by atoms with Gasteiger partial charge in [0.05, 0.1) is 0 Å². The summed E-state index contributed by atoms with van der Waals surface area (Å²) in [4.78, 5) is 11.9. The van der Waals surface area contributed by atoms with Crippen molar-refractivity contribution in [2.75, 3.05) is 7.05 Å². The van der Waals surface area contributed by atoms with E-state index in [4.69, 9.17) is 9.52 Å². The average molecular weight is 343 g/mol. The van der Waals surface area contributed by atoms with Crippen molar-refractivity contribution in [1.29, 1.82) is 0 Å². The van der Waals surface area contributed by atoms with E-state index >= 15 is 0 Å². The first-order valence-corrected chi connectivity index (χ1v) is 8.89. The van der Waals surface area contributed by atoms with Gasteiger partial charge in [-0.3, -0.25) is 0 Å². The van der Waals surface area contributed by atoms with Crippen LogP contribution >= 0.6 is 11.3 Å². The molecule has 6 nitrogen and oxygen atoms in total. The smallest absolute Gasteiger partial charge is 0.371 e. The molecule has 0 aliphatic carbocycles. The summed E-state index contributed by atoms with van der Waals surface area (Å²) in [5.41, 5.74) is 0. The molecule has 0 unspecified atom stereocenters. The second kappa shape index (κ2) is 6.23. The van der Waals surface area contributed by atoms with Crippen molar-refractivity contribution in [3.8, 4) is 0 Å². The summed E-state index contributed by atoms with van der Waals surface area (Å²) < 4.78 is 31.5. The van der Waals surface area contributed by atoms with E-state index in [1.807, 2.05) is 24.4 Å². The molecular formula is C14H17NO5S2. The molecule has 0 bridgehead atoms. The molecule has 2 heterocycles. The average Bonchev–Trinajstić information content (AvgIpc) is 3.07. The van der Waals surface area contributed by atoms with Crippen LogP contribution in [-0.4, -0.2) is 36.9 Å². The minimum absolute atomic E-state index is 0.0765. The zero-order valence-electron chi connectivity index (χ0n) is 12.4. The molecule has 0 aliphatic rings. The number of rotatable bonds is 6. The fourth-order valence-corrected chi connectivity index (χ4v) is 4.41. The maximum Gasteiger partial charge on any atom is 0.371 e. The van der Waals surface area contributed by atoms with Gasteiger partial charge in [-0.15, -0.1) is 11.3 Å². The maximum absolute atomic E-state index is 12.6. The van der Waals surface area contributed by atoms with Crippen molar-refractivity contribution in [1.82, 2.24) is 4.31 Å². The van der Waals surface area contributed by atoms with E-state index in [0.717, 1.165) is 10.9 Å². The third kappa shape index (κ3) is 3.23. The molecule has 0 amide bonds. The zero-order chi connectivity index (χ0) is 16.5. The van der Waals surface area contributed by atoms with Gasteiger partial charge >= 0.3 is 5.97 Å². The van der Waals surface area contributed by atoms with Crippen LogP contribution in [0.3, 0.4) is 0 Å². The van der Waals surface area contributed by atoms with Crippen LogP contribution in [0.15, 0.2) is 32.9 Å². The molecule has 2 rings (SSSR count).